The summed E-state index contributed by atoms with van der Waals surface area (Å²) in [5, 5.41) is 3.28. The van der Waals surface area contributed by atoms with Crippen LogP contribution < -0.4 is 9.62 Å². The fourth-order valence-electron chi connectivity index (χ4n) is 3.79. The molecule has 0 aliphatic carbocycles. The molecule has 2 aromatic carbocycles. The van der Waals surface area contributed by atoms with Crippen molar-refractivity contribution in [3.8, 4) is 0 Å². The van der Waals surface area contributed by atoms with Gasteiger partial charge in [0.2, 0.25) is 15.9 Å². The summed E-state index contributed by atoms with van der Waals surface area (Å²) < 4.78 is 31.6. The van der Waals surface area contributed by atoms with Gasteiger partial charge in [-0.05, 0) is 42.7 Å². The number of aryl methyl sites for hydroxylation is 1. The monoisotopic (exact) mass is 479 g/mol. The van der Waals surface area contributed by atoms with E-state index in [1.165, 1.54) is 5.56 Å². The maximum absolute atomic E-state index is 12.9. The fourth-order valence-corrected chi connectivity index (χ4v) is 5.18. The first-order valence-electron chi connectivity index (χ1n) is 10.6. The number of morpholine rings is 1. The van der Waals surface area contributed by atoms with Crippen molar-refractivity contribution in [3.05, 3.63) is 64.2 Å². The standard InChI is InChI=1S/C23H30ClN3O4S/c1-17-7-8-21(24)14-22(17)27(32(3,29)30)18(2)23(28)25-15-19-5-4-6-20(13-19)16-26-9-11-31-12-10-26/h4-8,13-14,18H,9-12,15-16H2,1-3H3,(H,25,28)/t18-/m1/s1. The highest BCUT2D eigenvalue weighted by Crippen LogP contribution is 2.28. The van der Waals surface area contributed by atoms with E-state index in [4.69, 9.17) is 16.3 Å². The van der Waals surface area contributed by atoms with Crippen molar-refractivity contribution in [1.82, 2.24) is 10.2 Å². The number of rotatable bonds is 8. The summed E-state index contributed by atoms with van der Waals surface area (Å²) in [6, 6.07) is 12.1. The van der Waals surface area contributed by atoms with Crippen LogP contribution in [0, 0.1) is 6.92 Å². The van der Waals surface area contributed by atoms with Crippen LogP contribution in [0.5, 0.6) is 0 Å². The van der Waals surface area contributed by atoms with E-state index in [9.17, 15) is 13.2 Å². The summed E-state index contributed by atoms with van der Waals surface area (Å²) >= 11 is 6.09. The van der Waals surface area contributed by atoms with Gasteiger partial charge in [0.25, 0.3) is 0 Å². The summed E-state index contributed by atoms with van der Waals surface area (Å²) in [6.07, 6.45) is 1.09. The van der Waals surface area contributed by atoms with E-state index in [2.05, 4.69) is 22.3 Å². The zero-order chi connectivity index (χ0) is 23.3. The molecule has 0 spiro atoms. The van der Waals surface area contributed by atoms with E-state index in [-0.39, 0.29) is 5.91 Å². The van der Waals surface area contributed by atoms with Gasteiger partial charge in [0.15, 0.2) is 0 Å². The van der Waals surface area contributed by atoms with Gasteiger partial charge in [-0.15, -0.1) is 0 Å². The third-order valence-electron chi connectivity index (χ3n) is 5.47. The molecule has 1 atom stereocenters. The molecule has 1 fully saturated rings. The van der Waals surface area contributed by atoms with E-state index >= 15 is 0 Å². The zero-order valence-electron chi connectivity index (χ0n) is 18.7. The third kappa shape index (κ3) is 6.45. The molecule has 0 aromatic heterocycles. The highest BCUT2D eigenvalue weighted by Gasteiger charge is 2.30. The van der Waals surface area contributed by atoms with Crippen LogP contribution in [-0.2, 0) is 32.6 Å². The first-order valence-corrected chi connectivity index (χ1v) is 12.8. The summed E-state index contributed by atoms with van der Waals surface area (Å²) in [5.41, 5.74) is 3.24. The fraction of sp³-hybridized carbons (Fsp3) is 0.435. The molecule has 1 heterocycles. The molecule has 1 aliphatic heterocycles. The predicted octanol–water partition coefficient (Wildman–Crippen LogP) is 2.95. The van der Waals surface area contributed by atoms with Gasteiger partial charge < -0.3 is 10.1 Å². The van der Waals surface area contributed by atoms with Crippen LogP contribution in [0.25, 0.3) is 0 Å². The number of hydrogen-bond donors (Lipinski definition) is 1. The molecule has 1 aliphatic rings. The number of carbonyl (C=O) groups excluding carboxylic acids is 1. The average Bonchev–Trinajstić information content (AvgIpc) is 2.74. The molecule has 1 N–H and O–H groups in total. The number of benzene rings is 2. The normalized spacial score (nSPS) is 15.9. The number of ether oxygens (including phenoxy) is 1. The summed E-state index contributed by atoms with van der Waals surface area (Å²) in [4.78, 5) is 15.2. The Morgan fingerprint density at radius 2 is 1.88 bits per heavy atom. The summed E-state index contributed by atoms with van der Waals surface area (Å²) in [6.45, 7) is 7.81. The number of anilines is 1. The topological polar surface area (TPSA) is 79.0 Å². The van der Waals surface area contributed by atoms with Gasteiger partial charge in [-0.2, -0.15) is 0 Å². The Morgan fingerprint density at radius 3 is 2.56 bits per heavy atom. The van der Waals surface area contributed by atoms with Crippen molar-refractivity contribution in [1.29, 1.82) is 0 Å². The smallest absolute Gasteiger partial charge is 0.243 e. The first kappa shape index (κ1) is 24.5. The number of sulfonamides is 1. The van der Waals surface area contributed by atoms with Crippen LogP contribution in [0.2, 0.25) is 5.02 Å². The number of carbonyl (C=O) groups is 1. The molecule has 0 bridgehead atoms. The third-order valence-corrected chi connectivity index (χ3v) is 6.93. The lowest BCUT2D eigenvalue weighted by atomic mass is 10.1. The molecule has 0 unspecified atom stereocenters. The molecule has 174 valence electrons. The quantitative estimate of drug-likeness (QED) is 0.629. The second-order valence-electron chi connectivity index (χ2n) is 8.09. The second kappa shape index (κ2) is 10.7. The van der Waals surface area contributed by atoms with E-state index in [0.717, 1.165) is 54.5 Å². The minimum Gasteiger partial charge on any atom is -0.379 e. The Labute approximate surface area is 195 Å². The molecule has 7 nitrogen and oxygen atoms in total. The average molecular weight is 480 g/mol. The van der Waals surface area contributed by atoms with Crippen molar-refractivity contribution >= 4 is 33.2 Å². The predicted molar refractivity (Wildman–Crippen MR) is 127 cm³/mol. The lowest BCUT2D eigenvalue weighted by molar-refractivity contribution is -0.122. The summed E-state index contributed by atoms with van der Waals surface area (Å²) in [5.74, 6) is -0.381. The Morgan fingerprint density at radius 1 is 1.19 bits per heavy atom. The number of amides is 1. The molecule has 2 aromatic rings. The lowest BCUT2D eigenvalue weighted by Gasteiger charge is -2.29. The number of nitrogens with one attached hydrogen (secondary N) is 1. The van der Waals surface area contributed by atoms with Crippen molar-refractivity contribution in [2.45, 2.75) is 33.0 Å². The molecule has 0 radical (unpaired) electrons. The molecule has 32 heavy (non-hydrogen) atoms. The minimum absolute atomic E-state index is 0.312. The van der Waals surface area contributed by atoms with Gasteiger partial charge in [0.05, 0.1) is 25.2 Å². The highest BCUT2D eigenvalue weighted by atomic mass is 35.5. The largest absolute Gasteiger partial charge is 0.379 e. The van der Waals surface area contributed by atoms with E-state index < -0.39 is 16.1 Å². The Kier molecular flexibility index (Phi) is 8.16. The van der Waals surface area contributed by atoms with E-state index in [0.29, 0.717) is 17.3 Å². The number of halogens is 1. The molecular formula is C23H30ClN3O4S. The highest BCUT2D eigenvalue weighted by molar-refractivity contribution is 7.92. The van der Waals surface area contributed by atoms with Crippen LogP contribution in [-0.4, -0.2) is 57.8 Å². The molecular weight excluding hydrogens is 450 g/mol. The van der Waals surface area contributed by atoms with Gasteiger partial charge in [0.1, 0.15) is 6.04 Å². The molecule has 1 amide bonds. The maximum Gasteiger partial charge on any atom is 0.243 e. The Bertz CT molecular complexity index is 1050. The van der Waals surface area contributed by atoms with Crippen molar-refractivity contribution in [2.24, 2.45) is 0 Å². The van der Waals surface area contributed by atoms with Gasteiger partial charge in [-0.25, -0.2) is 8.42 Å². The van der Waals surface area contributed by atoms with Gasteiger partial charge in [-0.3, -0.25) is 14.0 Å². The number of hydrogen-bond acceptors (Lipinski definition) is 5. The van der Waals surface area contributed by atoms with Crippen LogP contribution in [0.3, 0.4) is 0 Å². The lowest BCUT2D eigenvalue weighted by Crippen LogP contribution is -2.48. The molecule has 0 saturated carbocycles. The molecule has 1 saturated heterocycles. The van der Waals surface area contributed by atoms with Crippen molar-refractivity contribution in [3.63, 3.8) is 0 Å². The van der Waals surface area contributed by atoms with E-state index in [1.807, 2.05) is 12.1 Å². The molecule has 9 heteroatoms. The second-order valence-corrected chi connectivity index (χ2v) is 10.4. The molecule has 3 rings (SSSR count). The van der Waals surface area contributed by atoms with Crippen molar-refractivity contribution < 1.29 is 17.9 Å². The van der Waals surface area contributed by atoms with Gasteiger partial charge >= 0.3 is 0 Å². The Balaban J connectivity index is 1.69. The van der Waals surface area contributed by atoms with Gasteiger partial charge in [0, 0.05) is 31.2 Å². The maximum atomic E-state index is 12.9. The van der Waals surface area contributed by atoms with Crippen LogP contribution >= 0.6 is 11.6 Å². The zero-order valence-corrected chi connectivity index (χ0v) is 20.2. The van der Waals surface area contributed by atoms with Gasteiger partial charge in [-0.1, -0.05) is 41.9 Å². The summed E-state index contributed by atoms with van der Waals surface area (Å²) in [7, 11) is -3.71. The van der Waals surface area contributed by atoms with Crippen molar-refractivity contribution in [2.75, 3.05) is 36.9 Å². The SMILES string of the molecule is Cc1ccc(Cl)cc1N([C@H](C)C(=O)NCc1cccc(CN2CCOCC2)c1)S(C)(=O)=O. The number of nitrogens with zero attached hydrogens (tertiary/aromatic N) is 2. The van der Waals surface area contributed by atoms with Crippen LogP contribution in [0.4, 0.5) is 5.69 Å². The van der Waals surface area contributed by atoms with Crippen LogP contribution in [0.15, 0.2) is 42.5 Å². The first-order chi connectivity index (χ1) is 15.1. The Hall–Kier alpha value is -2.13. The minimum atomic E-state index is -3.71. The van der Waals surface area contributed by atoms with E-state index in [1.54, 1.807) is 32.0 Å². The van der Waals surface area contributed by atoms with Crippen LogP contribution in [0.1, 0.15) is 23.6 Å².